The first kappa shape index (κ1) is 19.8. The van der Waals surface area contributed by atoms with Crippen molar-refractivity contribution in [3.63, 3.8) is 0 Å². The summed E-state index contributed by atoms with van der Waals surface area (Å²) < 4.78 is 16.0. The minimum absolute atomic E-state index is 0.00708. The molecule has 0 aliphatic carbocycles. The topological polar surface area (TPSA) is 82.6 Å². The normalized spacial score (nSPS) is 10.3. The van der Waals surface area contributed by atoms with E-state index in [2.05, 4.69) is 15.5 Å². The van der Waals surface area contributed by atoms with Crippen molar-refractivity contribution in [2.24, 2.45) is 0 Å². The second-order valence-corrected chi connectivity index (χ2v) is 6.31. The number of aromatic nitrogens is 2. The largest absolute Gasteiger partial charge is 0.493 e. The van der Waals surface area contributed by atoms with Crippen molar-refractivity contribution in [1.29, 1.82) is 0 Å². The first-order valence-corrected chi connectivity index (χ1v) is 9.15. The number of hydrogen-bond acceptors (Lipinski definition) is 7. The summed E-state index contributed by atoms with van der Waals surface area (Å²) >= 11 is 1.35. The zero-order chi connectivity index (χ0) is 18.9. The van der Waals surface area contributed by atoms with E-state index < -0.39 is 0 Å². The molecule has 1 aromatic heterocycles. The molecule has 0 spiro atoms. The summed E-state index contributed by atoms with van der Waals surface area (Å²) in [6.45, 7) is 2.70. The monoisotopic (exact) mass is 377 g/mol. The van der Waals surface area contributed by atoms with Crippen LogP contribution in [0, 0.1) is 0 Å². The van der Waals surface area contributed by atoms with E-state index >= 15 is 0 Å². The first-order valence-electron chi connectivity index (χ1n) is 8.16. The maximum absolute atomic E-state index is 11.6. The maximum atomic E-state index is 11.6. The van der Waals surface area contributed by atoms with Crippen molar-refractivity contribution in [3.8, 4) is 28.5 Å². The lowest BCUT2D eigenvalue weighted by atomic mass is 10.1. The molecule has 1 heterocycles. The van der Waals surface area contributed by atoms with Crippen LogP contribution in [0.15, 0.2) is 29.3 Å². The Labute approximate surface area is 157 Å². The molecule has 8 heteroatoms. The summed E-state index contributed by atoms with van der Waals surface area (Å²) in [7, 11) is 4.69. The van der Waals surface area contributed by atoms with Crippen LogP contribution in [0.4, 0.5) is 0 Å². The van der Waals surface area contributed by atoms with Gasteiger partial charge in [0.05, 0.1) is 32.8 Å². The third kappa shape index (κ3) is 5.01. The number of methoxy groups -OCH3 is 3. The van der Waals surface area contributed by atoms with E-state index in [0.717, 1.165) is 12.0 Å². The number of nitrogens with zero attached hydrogens (tertiary/aromatic N) is 2. The number of nitrogens with one attached hydrogen (secondary N) is 1. The molecule has 26 heavy (non-hydrogen) atoms. The molecule has 2 aromatic rings. The summed E-state index contributed by atoms with van der Waals surface area (Å²) in [5, 5.41) is 11.9. The zero-order valence-corrected chi connectivity index (χ0v) is 16.2. The van der Waals surface area contributed by atoms with Crippen LogP contribution in [0.5, 0.6) is 17.2 Å². The molecule has 1 amide bonds. The molecule has 7 nitrogen and oxygen atoms in total. The lowest BCUT2D eigenvalue weighted by Gasteiger charge is -2.13. The molecular formula is C18H23N3O4S. The summed E-state index contributed by atoms with van der Waals surface area (Å²) in [6.07, 6.45) is 0.916. The number of ether oxygens (including phenoxy) is 3. The highest BCUT2D eigenvalue weighted by molar-refractivity contribution is 7.99. The predicted octanol–water partition coefficient (Wildman–Crippen LogP) is 2.79. The Bertz CT molecular complexity index is 713. The third-order valence-corrected chi connectivity index (χ3v) is 4.44. The smallest absolute Gasteiger partial charge is 0.230 e. The maximum Gasteiger partial charge on any atom is 0.230 e. The Balaban J connectivity index is 2.14. The van der Waals surface area contributed by atoms with Crippen molar-refractivity contribution < 1.29 is 19.0 Å². The number of hydrogen-bond donors (Lipinski definition) is 1. The minimum atomic E-state index is -0.00708. The highest BCUT2D eigenvalue weighted by Crippen LogP contribution is 2.40. The average molecular weight is 377 g/mol. The summed E-state index contributed by atoms with van der Waals surface area (Å²) in [6, 6.07) is 7.32. The Hall–Kier alpha value is -2.48. The molecule has 0 aliphatic heterocycles. The fourth-order valence-corrected chi connectivity index (χ4v) is 2.88. The Kier molecular flexibility index (Phi) is 7.53. The third-order valence-electron chi connectivity index (χ3n) is 3.52. The van der Waals surface area contributed by atoms with Gasteiger partial charge in [0.2, 0.25) is 11.7 Å². The van der Waals surface area contributed by atoms with Gasteiger partial charge in [-0.25, -0.2) is 0 Å². The van der Waals surface area contributed by atoms with Crippen molar-refractivity contribution in [1.82, 2.24) is 15.5 Å². The van der Waals surface area contributed by atoms with Gasteiger partial charge in [-0.2, -0.15) is 0 Å². The molecule has 0 bridgehead atoms. The summed E-state index contributed by atoms with van der Waals surface area (Å²) in [5.41, 5.74) is 1.47. The van der Waals surface area contributed by atoms with Crippen molar-refractivity contribution >= 4 is 17.7 Å². The molecule has 0 saturated carbocycles. The van der Waals surface area contributed by atoms with E-state index in [1.165, 1.54) is 11.8 Å². The van der Waals surface area contributed by atoms with Crippen LogP contribution in [0.1, 0.15) is 13.3 Å². The van der Waals surface area contributed by atoms with Crippen LogP contribution in [-0.4, -0.2) is 49.7 Å². The number of carbonyl (C=O) groups excluding carboxylic acids is 1. The van der Waals surface area contributed by atoms with Crippen molar-refractivity contribution in [2.75, 3.05) is 33.6 Å². The lowest BCUT2D eigenvalue weighted by Crippen LogP contribution is -2.25. The van der Waals surface area contributed by atoms with Crippen LogP contribution in [0.3, 0.4) is 0 Å². The number of amides is 1. The fourth-order valence-electron chi connectivity index (χ4n) is 2.23. The van der Waals surface area contributed by atoms with Crippen molar-refractivity contribution in [2.45, 2.75) is 18.4 Å². The number of thioether (sulfide) groups is 1. The van der Waals surface area contributed by atoms with E-state index in [9.17, 15) is 4.79 Å². The van der Waals surface area contributed by atoms with Gasteiger partial charge >= 0.3 is 0 Å². The van der Waals surface area contributed by atoms with Crippen molar-refractivity contribution in [3.05, 3.63) is 24.3 Å². The molecule has 140 valence electrons. The Morgan fingerprint density at radius 1 is 1.08 bits per heavy atom. The van der Waals surface area contributed by atoms with Crippen LogP contribution >= 0.6 is 11.8 Å². The standard InChI is InChI=1S/C18H23N3O4S/c1-5-8-19-16(22)11-26-17-7-6-13(20-21-17)12-9-14(23-2)18(25-4)15(10-12)24-3/h6-7,9-10H,5,8,11H2,1-4H3,(H,19,22). The molecule has 0 aliphatic rings. The van der Waals surface area contributed by atoms with Gasteiger partial charge in [-0.3, -0.25) is 4.79 Å². The zero-order valence-electron chi connectivity index (χ0n) is 15.4. The fraction of sp³-hybridized carbons (Fsp3) is 0.389. The minimum Gasteiger partial charge on any atom is -0.493 e. The Morgan fingerprint density at radius 2 is 1.77 bits per heavy atom. The number of rotatable bonds is 9. The van der Waals surface area contributed by atoms with Gasteiger partial charge < -0.3 is 19.5 Å². The van der Waals surface area contributed by atoms with Gasteiger partial charge in [0.25, 0.3) is 0 Å². The first-order chi connectivity index (χ1) is 12.6. The molecule has 0 radical (unpaired) electrons. The average Bonchev–Trinajstić information content (AvgIpc) is 2.69. The molecule has 2 rings (SSSR count). The SMILES string of the molecule is CCCNC(=O)CSc1ccc(-c2cc(OC)c(OC)c(OC)c2)nn1. The van der Waals surface area contributed by atoms with E-state index in [0.29, 0.717) is 40.3 Å². The van der Waals surface area contributed by atoms with Crippen LogP contribution in [-0.2, 0) is 4.79 Å². The highest BCUT2D eigenvalue weighted by Gasteiger charge is 2.15. The van der Waals surface area contributed by atoms with E-state index in [4.69, 9.17) is 14.2 Å². The highest BCUT2D eigenvalue weighted by atomic mass is 32.2. The van der Waals surface area contributed by atoms with Gasteiger partial charge in [-0.15, -0.1) is 10.2 Å². The molecule has 0 saturated heterocycles. The van der Waals surface area contributed by atoms with Gasteiger partial charge in [0.15, 0.2) is 11.5 Å². The number of carbonyl (C=O) groups is 1. The molecule has 0 atom stereocenters. The summed E-state index contributed by atoms with van der Waals surface area (Å²) in [5.74, 6) is 1.94. The molecule has 1 N–H and O–H groups in total. The molecular weight excluding hydrogens is 354 g/mol. The summed E-state index contributed by atoms with van der Waals surface area (Å²) in [4.78, 5) is 11.6. The van der Waals surface area contributed by atoms with E-state index in [1.54, 1.807) is 21.3 Å². The number of benzene rings is 1. The van der Waals surface area contributed by atoms with Gasteiger partial charge in [0.1, 0.15) is 5.03 Å². The molecule has 0 unspecified atom stereocenters. The second-order valence-electron chi connectivity index (χ2n) is 5.31. The molecule has 1 aromatic carbocycles. The van der Waals surface area contributed by atoms with Gasteiger partial charge in [-0.1, -0.05) is 18.7 Å². The van der Waals surface area contributed by atoms with Gasteiger partial charge in [-0.05, 0) is 30.7 Å². The lowest BCUT2D eigenvalue weighted by molar-refractivity contribution is -0.118. The molecule has 0 fully saturated rings. The second kappa shape index (κ2) is 9.86. The van der Waals surface area contributed by atoms with E-state index in [-0.39, 0.29) is 5.91 Å². The van der Waals surface area contributed by atoms with Gasteiger partial charge in [0, 0.05) is 12.1 Å². The van der Waals surface area contributed by atoms with Crippen LogP contribution in [0.2, 0.25) is 0 Å². The van der Waals surface area contributed by atoms with Crippen LogP contribution in [0.25, 0.3) is 11.3 Å². The Morgan fingerprint density at radius 3 is 2.27 bits per heavy atom. The van der Waals surface area contributed by atoms with E-state index in [1.807, 2.05) is 31.2 Å². The predicted molar refractivity (Wildman–Crippen MR) is 101 cm³/mol. The van der Waals surface area contributed by atoms with Crippen LogP contribution < -0.4 is 19.5 Å². The quantitative estimate of drug-likeness (QED) is 0.673.